The molecule has 2 unspecified atom stereocenters. The fourth-order valence-electron chi connectivity index (χ4n) is 2.71. The molecule has 0 aliphatic heterocycles. The summed E-state index contributed by atoms with van der Waals surface area (Å²) in [5.41, 5.74) is 9.01. The molecule has 3 nitrogen and oxygen atoms in total. The van der Waals surface area contributed by atoms with E-state index in [9.17, 15) is 4.79 Å². The molecule has 0 saturated heterocycles. The van der Waals surface area contributed by atoms with Crippen molar-refractivity contribution in [2.75, 3.05) is 5.73 Å². The molecule has 3 N–H and O–H groups in total. The molecule has 1 aliphatic rings. The maximum absolute atomic E-state index is 12.0. The van der Waals surface area contributed by atoms with Crippen molar-refractivity contribution in [3.63, 3.8) is 0 Å². The van der Waals surface area contributed by atoms with E-state index in [0.29, 0.717) is 24.8 Å². The Labute approximate surface area is 125 Å². The summed E-state index contributed by atoms with van der Waals surface area (Å²) in [4.78, 5) is 12.0. The van der Waals surface area contributed by atoms with Gasteiger partial charge in [0.15, 0.2) is 0 Å². The number of rotatable bonds is 5. The molecule has 0 radical (unpaired) electrons. The monoisotopic (exact) mass is 280 g/mol. The van der Waals surface area contributed by atoms with Crippen LogP contribution < -0.4 is 11.1 Å². The number of carbonyl (C=O) groups is 1. The first-order chi connectivity index (χ1) is 10.2. The van der Waals surface area contributed by atoms with E-state index in [1.54, 1.807) is 0 Å². The van der Waals surface area contributed by atoms with Gasteiger partial charge in [0, 0.05) is 24.1 Å². The van der Waals surface area contributed by atoms with Gasteiger partial charge in [0.25, 0.3) is 0 Å². The number of nitrogens with one attached hydrogen (secondary N) is 1. The maximum atomic E-state index is 12.0. The Balaban J connectivity index is 1.47. The van der Waals surface area contributed by atoms with Crippen LogP contribution in [0.2, 0.25) is 0 Å². The predicted octanol–water partition coefficient (Wildman–Crippen LogP) is 2.87. The van der Waals surface area contributed by atoms with Gasteiger partial charge in [0.05, 0.1) is 0 Å². The summed E-state index contributed by atoms with van der Waals surface area (Å²) in [5, 5.41) is 3.11. The van der Waals surface area contributed by atoms with Crippen LogP contribution in [0.1, 0.15) is 29.9 Å². The zero-order valence-corrected chi connectivity index (χ0v) is 12.0. The van der Waals surface area contributed by atoms with Crippen LogP contribution in [0.25, 0.3) is 0 Å². The molecule has 0 spiro atoms. The van der Waals surface area contributed by atoms with Gasteiger partial charge in [-0.25, -0.2) is 0 Å². The van der Waals surface area contributed by atoms with E-state index in [0.717, 1.165) is 17.7 Å². The van der Waals surface area contributed by atoms with Crippen LogP contribution in [0, 0.1) is 0 Å². The average molecular weight is 280 g/mol. The Bertz CT molecular complexity index is 624. The van der Waals surface area contributed by atoms with Crippen LogP contribution >= 0.6 is 0 Å². The lowest BCUT2D eigenvalue weighted by molar-refractivity contribution is -0.121. The van der Waals surface area contributed by atoms with Crippen molar-refractivity contribution in [1.82, 2.24) is 5.32 Å². The number of aryl methyl sites for hydroxylation is 1. The van der Waals surface area contributed by atoms with Crippen LogP contribution in [0.3, 0.4) is 0 Å². The molecule has 3 rings (SSSR count). The largest absolute Gasteiger partial charge is 0.399 e. The quantitative estimate of drug-likeness (QED) is 0.827. The van der Waals surface area contributed by atoms with Gasteiger partial charge in [0.2, 0.25) is 5.91 Å². The summed E-state index contributed by atoms with van der Waals surface area (Å²) in [7, 11) is 0. The van der Waals surface area contributed by atoms with Crippen molar-refractivity contribution in [3.05, 3.63) is 65.7 Å². The summed E-state index contributed by atoms with van der Waals surface area (Å²) < 4.78 is 0. The van der Waals surface area contributed by atoms with Crippen molar-refractivity contribution >= 4 is 11.6 Å². The third kappa shape index (κ3) is 3.43. The Morgan fingerprint density at radius 1 is 1.10 bits per heavy atom. The fraction of sp³-hybridized carbons (Fsp3) is 0.278. The highest BCUT2D eigenvalue weighted by molar-refractivity contribution is 5.77. The summed E-state index contributed by atoms with van der Waals surface area (Å²) in [5.74, 6) is 0.596. The number of hydrogen-bond donors (Lipinski definition) is 2. The number of para-hydroxylation sites is 1. The van der Waals surface area contributed by atoms with E-state index in [4.69, 9.17) is 5.73 Å². The van der Waals surface area contributed by atoms with Crippen molar-refractivity contribution in [1.29, 1.82) is 0 Å². The number of carbonyl (C=O) groups excluding carboxylic acids is 1. The van der Waals surface area contributed by atoms with Crippen LogP contribution in [-0.4, -0.2) is 11.9 Å². The van der Waals surface area contributed by atoms with Crippen molar-refractivity contribution < 1.29 is 4.79 Å². The average Bonchev–Trinajstić information content (AvgIpc) is 3.26. The normalized spacial score (nSPS) is 20.0. The molecule has 0 bridgehead atoms. The molecule has 108 valence electrons. The molecule has 3 heteroatoms. The zero-order valence-electron chi connectivity index (χ0n) is 12.0. The van der Waals surface area contributed by atoms with Crippen molar-refractivity contribution in [2.24, 2.45) is 0 Å². The Kier molecular flexibility index (Phi) is 3.91. The van der Waals surface area contributed by atoms with Gasteiger partial charge in [-0.2, -0.15) is 0 Å². The Morgan fingerprint density at radius 2 is 1.81 bits per heavy atom. The molecular formula is C18H20N2O. The first-order valence-corrected chi connectivity index (χ1v) is 7.42. The van der Waals surface area contributed by atoms with Crippen molar-refractivity contribution in [2.45, 2.75) is 31.2 Å². The second kappa shape index (κ2) is 6.00. The number of hydrogen-bond acceptors (Lipinski definition) is 2. The first-order valence-electron chi connectivity index (χ1n) is 7.42. The van der Waals surface area contributed by atoms with E-state index >= 15 is 0 Å². The summed E-state index contributed by atoms with van der Waals surface area (Å²) >= 11 is 0. The maximum Gasteiger partial charge on any atom is 0.220 e. The Morgan fingerprint density at radius 3 is 2.57 bits per heavy atom. The molecule has 2 aromatic rings. The number of nitrogen functional groups attached to an aromatic ring is 1. The lowest BCUT2D eigenvalue weighted by Gasteiger charge is -2.07. The van der Waals surface area contributed by atoms with Crippen LogP contribution in [0.4, 0.5) is 5.69 Å². The number of amides is 1. The van der Waals surface area contributed by atoms with E-state index < -0.39 is 0 Å². The van der Waals surface area contributed by atoms with Crippen LogP contribution in [-0.2, 0) is 11.2 Å². The minimum absolute atomic E-state index is 0.113. The van der Waals surface area contributed by atoms with E-state index in [-0.39, 0.29) is 5.91 Å². The van der Waals surface area contributed by atoms with E-state index in [2.05, 4.69) is 17.4 Å². The molecule has 1 saturated carbocycles. The SMILES string of the molecule is Nc1ccccc1CCC(=O)NC1CC1c1ccccc1. The molecule has 2 aromatic carbocycles. The smallest absolute Gasteiger partial charge is 0.220 e. The highest BCUT2D eigenvalue weighted by atomic mass is 16.1. The zero-order chi connectivity index (χ0) is 14.7. The molecule has 21 heavy (non-hydrogen) atoms. The third-order valence-corrected chi connectivity index (χ3v) is 4.04. The molecule has 0 heterocycles. The Hall–Kier alpha value is -2.29. The second-order valence-corrected chi connectivity index (χ2v) is 5.63. The van der Waals surface area contributed by atoms with Gasteiger partial charge in [-0.15, -0.1) is 0 Å². The standard InChI is InChI=1S/C18H20N2O/c19-16-9-5-4-8-14(16)10-11-18(21)20-17-12-15(17)13-6-2-1-3-7-13/h1-9,15,17H,10-12,19H2,(H,20,21). The van der Waals surface area contributed by atoms with Gasteiger partial charge >= 0.3 is 0 Å². The molecular weight excluding hydrogens is 260 g/mol. The number of nitrogens with two attached hydrogens (primary N) is 1. The van der Waals surface area contributed by atoms with Gasteiger partial charge in [-0.05, 0) is 30.0 Å². The molecule has 1 amide bonds. The first kappa shape index (κ1) is 13.7. The molecule has 0 aromatic heterocycles. The lowest BCUT2D eigenvalue weighted by Crippen LogP contribution is -2.26. The van der Waals surface area contributed by atoms with Gasteiger partial charge in [0.1, 0.15) is 0 Å². The summed E-state index contributed by atoms with van der Waals surface area (Å²) in [6.07, 6.45) is 2.23. The predicted molar refractivity (Wildman–Crippen MR) is 84.9 cm³/mol. The summed E-state index contributed by atoms with van der Waals surface area (Å²) in [6, 6.07) is 18.4. The van der Waals surface area contributed by atoms with E-state index in [1.165, 1.54) is 5.56 Å². The molecule has 1 fully saturated rings. The highest BCUT2D eigenvalue weighted by Gasteiger charge is 2.39. The van der Waals surface area contributed by atoms with Crippen molar-refractivity contribution in [3.8, 4) is 0 Å². The minimum Gasteiger partial charge on any atom is -0.399 e. The fourth-order valence-corrected chi connectivity index (χ4v) is 2.71. The van der Waals surface area contributed by atoms with Gasteiger partial charge in [-0.3, -0.25) is 4.79 Å². The second-order valence-electron chi connectivity index (χ2n) is 5.63. The van der Waals surface area contributed by atoms with Crippen LogP contribution in [0.5, 0.6) is 0 Å². The van der Waals surface area contributed by atoms with E-state index in [1.807, 2.05) is 42.5 Å². The molecule has 2 atom stereocenters. The third-order valence-electron chi connectivity index (χ3n) is 4.04. The lowest BCUT2D eigenvalue weighted by atomic mass is 10.1. The molecule has 1 aliphatic carbocycles. The number of anilines is 1. The van der Waals surface area contributed by atoms with Gasteiger partial charge in [-0.1, -0.05) is 48.5 Å². The topological polar surface area (TPSA) is 55.1 Å². The number of benzene rings is 2. The highest BCUT2D eigenvalue weighted by Crippen LogP contribution is 2.40. The minimum atomic E-state index is 0.113. The summed E-state index contributed by atoms with van der Waals surface area (Å²) in [6.45, 7) is 0. The van der Waals surface area contributed by atoms with Crippen LogP contribution in [0.15, 0.2) is 54.6 Å². The van der Waals surface area contributed by atoms with Gasteiger partial charge < -0.3 is 11.1 Å².